The van der Waals surface area contributed by atoms with Crippen molar-refractivity contribution in [1.29, 1.82) is 0 Å². The van der Waals surface area contributed by atoms with Gasteiger partial charge in [-0.2, -0.15) is 0 Å². The molecule has 0 aliphatic heterocycles. The van der Waals surface area contributed by atoms with E-state index in [0.29, 0.717) is 15.6 Å². The van der Waals surface area contributed by atoms with Crippen LogP contribution in [0.4, 0.5) is 10.3 Å². The Labute approximate surface area is 99.3 Å². The molecule has 4 nitrogen and oxygen atoms in total. The van der Waals surface area contributed by atoms with Crippen molar-refractivity contribution >= 4 is 21.8 Å². The summed E-state index contributed by atoms with van der Waals surface area (Å²) in [4.78, 5) is 0. The van der Waals surface area contributed by atoms with E-state index in [0.717, 1.165) is 0 Å². The molecule has 0 aliphatic rings. The maximum atomic E-state index is 13.7. The maximum absolute atomic E-state index is 13.7. The summed E-state index contributed by atoms with van der Waals surface area (Å²) in [6.45, 7) is 0. The van der Waals surface area contributed by atoms with Crippen LogP contribution in [0.2, 0.25) is 0 Å². The Balaban J connectivity index is 2.66. The molecule has 0 fully saturated rings. The van der Waals surface area contributed by atoms with Gasteiger partial charge in [0.1, 0.15) is 0 Å². The van der Waals surface area contributed by atoms with Crippen LogP contribution >= 0.6 is 15.9 Å². The van der Waals surface area contributed by atoms with Gasteiger partial charge >= 0.3 is 0 Å². The van der Waals surface area contributed by atoms with E-state index in [1.807, 2.05) is 0 Å². The normalized spacial score (nSPS) is 10.4. The van der Waals surface area contributed by atoms with Crippen LogP contribution in [0.25, 0.3) is 11.1 Å². The van der Waals surface area contributed by atoms with Crippen LogP contribution in [0, 0.1) is 5.82 Å². The van der Waals surface area contributed by atoms with Crippen LogP contribution in [-0.4, -0.2) is 12.3 Å². The number of hydrogen-bond acceptors (Lipinski definition) is 4. The zero-order valence-electron chi connectivity index (χ0n) is 8.33. The lowest BCUT2D eigenvalue weighted by molar-refractivity contribution is 0.387. The number of ether oxygens (including phenoxy) is 1. The number of nitrogen functional groups attached to an aromatic ring is 1. The standard InChI is InChI=1S/C10H8BrFN2O2/c1-15-9-5(2-3-7(11)8(9)12)6-4-14-16-10(6)13/h2-4H,13H2,1H3. The summed E-state index contributed by atoms with van der Waals surface area (Å²) in [6.07, 6.45) is 1.42. The van der Waals surface area contributed by atoms with Gasteiger partial charge in [-0.15, -0.1) is 0 Å². The molecule has 0 radical (unpaired) electrons. The lowest BCUT2D eigenvalue weighted by Crippen LogP contribution is -1.94. The first kappa shape index (κ1) is 10.9. The fourth-order valence-electron chi connectivity index (χ4n) is 1.39. The van der Waals surface area contributed by atoms with Crippen molar-refractivity contribution in [2.45, 2.75) is 0 Å². The van der Waals surface area contributed by atoms with Crippen LogP contribution in [0.3, 0.4) is 0 Å². The minimum Gasteiger partial charge on any atom is -0.493 e. The molecule has 0 unspecified atom stereocenters. The number of rotatable bonds is 2. The van der Waals surface area contributed by atoms with Gasteiger partial charge in [0.15, 0.2) is 11.6 Å². The van der Waals surface area contributed by atoms with E-state index >= 15 is 0 Å². The predicted octanol–water partition coefficient (Wildman–Crippen LogP) is 2.83. The molecule has 6 heteroatoms. The van der Waals surface area contributed by atoms with Crippen molar-refractivity contribution in [1.82, 2.24) is 5.16 Å². The number of halogens is 2. The fraction of sp³-hybridized carbons (Fsp3) is 0.100. The van der Waals surface area contributed by atoms with Crippen molar-refractivity contribution in [3.05, 3.63) is 28.6 Å². The summed E-state index contributed by atoms with van der Waals surface area (Å²) in [5.74, 6) is -0.259. The average molecular weight is 287 g/mol. The molecule has 2 N–H and O–H groups in total. The molecule has 0 atom stereocenters. The second kappa shape index (κ2) is 4.13. The second-order valence-corrected chi connectivity index (χ2v) is 3.90. The quantitative estimate of drug-likeness (QED) is 0.922. The van der Waals surface area contributed by atoms with Gasteiger partial charge in [0.2, 0.25) is 5.88 Å². The highest BCUT2D eigenvalue weighted by Gasteiger charge is 2.17. The summed E-state index contributed by atoms with van der Waals surface area (Å²) < 4.78 is 23.8. The minimum absolute atomic E-state index is 0.101. The lowest BCUT2D eigenvalue weighted by atomic mass is 10.1. The van der Waals surface area contributed by atoms with Crippen molar-refractivity contribution in [3.8, 4) is 16.9 Å². The minimum atomic E-state index is -0.486. The van der Waals surface area contributed by atoms with E-state index in [-0.39, 0.29) is 11.6 Å². The third-order valence-corrected chi connectivity index (χ3v) is 2.76. The van der Waals surface area contributed by atoms with Crippen molar-refractivity contribution < 1.29 is 13.7 Å². The molecule has 1 heterocycles. The summed E-state index contributed by atoms with van der Waals surface area (Å²) in [5.41, 5.74) is 6.57. The largest absolute Gasteiger partial charge is 0.493 e. The SMILES string of the molecule is COc1c(-c2cnoc2N)ccc(Br)c1F. The highest BCUT2D eigenvalue weighted by Crippen LogP contribution is 2.38. The summed E-state index contributed by atoms with van der Waals surface area (Å²) >= 11 is 3.08. The molecule has 0 bridgehead atoms. The third-order valence-electron chi connectivity index (χ3n) is 2.14. The Kier molecular flexibility index (Phi) is 2.82. The molecule has 2 rings (SSSR count). The van der Waals surface area contributed by atoms with Gasteiger partial charge in [0, 0.05) is 5.56 Å². The monoisotopic (exact) mass is 286 g/mol. The van der Waals surface area contributed by atoms with Crippen molar-refractivity contribution in [2.24, 2.45) is 0 Å². The van der Waals surface area contributed by atoms with Gasteiger partial charge in [0.25, 0.3) is 0 Å². The van der Waals surface area contributed by atoms with Crippen LogP contribution in [0.15, 0.2) is 27.3 Å². The van der Waals surface area contributed by atoms with Crippen molar-refractivity contribution in [3.63, 3.8) is 0 Å². The molecule has 0 saturated heterocycles. The second-order valence-electron chi connectivity index (χ2n) is 3.05. The molecule has 1 aromatic carbocycles. The Hall–Kier alpha value is -1.56. The average Bonchev–Trinajstić information content (AvgIpc) is 2.68. The number of aromatic nitrogens is 1. The van der Waals surface area contributed by atoms with Gasteiger partial charge in [-0.25, -0.2) is 4.39 Å². The number of anilines is 1. The molecule has 0 aliphatic carbocycles. The molecular formula is C10H8BrFN2O2. The van der Waals surface area contributed by atoms with Crippen molar-refractivity contribution in [2.75, 3.05) is 12.8 Å². The summed E-state index contributed by atoms with van der Waals surface area (Å²) in [6, 6.07) is 3.24. The Morgan fingerprint density at radius 2 is 2.19 bits per heavy atom. The van der Waals surface area contributed by atoms with Gasteiger partial charge in [0.05, 0.1) is 23.3 Å². The van der Waals surface area contributed by atoms with Crippen LogP contribution in [0.1, 0.15) is 0 Å². The Morgan fingerprint density at radius 1 is 1.44 bits per heavy atom. The Morgan fingerprint density at radius 3 is 2.75 bits per heavy atom. The molecule has 0 spiro atoms. The van der Waals surface area contributed by atoms with E-state index in [2.05, 4.69) is 21.1 Å². The van der Waals surface area contributed by atoms with Crippen LogP contribution < -0.4 is 10.5 Å². The van der Waals surface area contributed by atoms with Gasteiger partial charge in [-0.3, -0.25) is 0 Å². The first-order chi connectivity index (χ1) is 7.65. The van der Waals surface area contributed by atoms with E-state index in [4.69, 9.17) is 15.0 Å². The fourth-order valence-corrected chi connectivity index (χ4v) is 1.71. The number of hydrogen-bond donors (Lipinski definition) is 1. The van der Waals surface area contributed by atoms with Crippen LogP contribution in [0.5, 0.6) is 5.75 Å². The third kappa shape index (κ3) is 1.65. The van der Waals surface area contributed by atoms with Gasteiger partial charge in [-0.1, -0.05) is 5.16 Å². The number of nitrogens with zero attached hydrogens (tertiary/aromatic N) is 1. The molecular weight excluding hydrogens is 279 g/mol. The molecule has 0 amide bonds. The highest BCUT2D eigenvalue weighted by atomic mass is 79.9. The van der Waals surface area contributed by atoms with E-state index in [9.17, 15) is 4.39 Å². The zero-order valence-corrected chi connectivity index (χ0v) is 9.92. The van der Waals surface area contributed by atoms with Gasteiger partial charge in [-0.05, 0) is 28.1 Å². The maximum Gasteiger partial charge on any atom is 0.230 e. The predicted molar refractivity (Wildman–Crippen MR) is 60.6 cm³/mol. The molecule has 84 valence electrons. The number of benzene rings is 1. The molecule has 16 heavy (non-hydrogen) atoms. The van der Waals surface area contributed by atoms with E-state index < -0.39 is 5.82 Å². The molecule has 0 saturated carbocycles. The topological polar surface area (TPSA) is 61.3 Å². The van der Waals surface area contributed by atoms with E-state index in [1.54, 1.807) is 12.1 Å². The number of methoxy groups -OCH3 is 1. The van der Waals surface area contributed by atoms with E-state index in [1.165, 1.54) is 13.3 Å². The molecule has 2 aromatic rings. The Bertz CT molecular complexity index is 528. The highest BCUT2D eigenvalue weighted by molar-refractivity contribution is 9.10. The van der Waals surface area contributed by atoms with Gasteiger partial charge < -0.3 is 15.0 Å². The lowest BCUT2D eigenvalue weighted by Gasteiger charge is -2.08. The first-order valence-electron chi connectivity index (χ1n) is 4.37. The molecule has 1 aromatic heterocycles. The summed E-state index contributed by atoms with van der Waals surface area (Å²) in [5, 5.41) is 3.54. The van der Waals surface area contributed by atoms with Crippen LogP contribution in [-0.2, 0) is 0 Å². The first-order valence-corrected chi connectivity index (χ1v) is 5.17. The summed E-state index contributed by atoms with van der Waals surface area (Å²) in [7, 11) is 1.39. The number of nitrogens with two attached hydrogens (primary N) is 1. The smallest absolute Gasteiger partial charge is 0.230 e. The zero-order chi connectivity index (χ0) is 11.7.